The van der Waals surface area contributed by atoms with E-state index in [9.17, 15) is 9.59 Å². The Morgan fingerprint density at radius 1 is 1.23 bits per heavy atom. The number of carbonyl (C=O) groups is 2. The average Bonchev–Trinajstić information content (AvgIpc) is 3.00. The molecule has 0 spiro atoms. The van der Waals surface area contributed by atoms with E-state index in [1.54, 1.807) is 11.8 Å². The van der Waals surface area contributed by atoms with Gasteiger partial charge in [0.1, 0.15) is 23.7 Å². The van der Waals surface area contributed by atoms with Gasteiger partial charge in [0.2, 0.25) is 5.91 Å². The lowest BCUT2D eigenvalue weighted by atomic mass is 9.96. The summed E-state index contributed by atoms with van der Waals surface area (Å²) < 4.78 is 23.7. The Morgan fingerprint density at radius 3 is 2.69 bits per heavy atom. The predicted molar refractivity (Wildman–Crippen MR) is 93.4 cm³/mol. The van der Waals surface area contributed by atoms with E-state index in [4.69, 9.17) is 18.9 Å². The van der Waals surface area contributed by atoms with Gasteiger partial charge in [-0.05, 0) is 5.75 Å². The average molecular weight is 379 g/mol. The molecule has 140 valence electrons. The molecule has 0 aromatic heterocycles. The molecule has 7 nitrogen and oxygen atoms in total. The number of fused-ring (bicyclic) bond motifs is 3. The lowest BCUT2D eigenvalue weighted by Crippen LogP contribution is -2.62. The van der Waals surface area contributed by atoms with Crippen LogP contribution < -0.4 is 0 Å². The van der Waals surface area contributed by atoms with Crippen LogP contribution in [0.1, 0.15) is 25.7 Å². The van der Waals surface area contributed by atoms with Gasteiger partial charge in [0.05, 0.1) is 6.61 Å². The van der Waals surface area contributed by atoms with Crippen molar-refractivity contribution in [2.75, 3.05) is 12.4 Å². The van der Waals surface area contributed by atoms with Gasteiger partial charge in [0.15, 0.2) is 12.4 Å². The largest absolute Gasteiger partial charge is 0.441 e. The van der Waals surface area contributed by atoms with Crippen LogP contribution in [0.25, 0.3) is 0 Å². The molecule has 3 fully saturated rings. The molecule has 0 bridgehead atoms. The van der Waals surface area contributed by atoms with Crippen molar-refractivity contribution in [3.63, 3.8) is 0 Å². The van der Waals surface area contributed by atoms with E-state index in [-0.39, 0.29) is 17.4 Å². The summed E-state index contributed by atoms with van der Waals surface area (Å²) in [7, 11) is 0. The van der Waals surface area contributed by atoms with Crippen molar-refractivity contribution in [2.45, 2.75) is 49.9 Å². The first-order chi connectivity index (χ1) is 12.6. The summed E-state index contributed by atoms with van der Waals surface area (Å²) in [5.74, 6) is 0.442. The third kappa shape index (κ3) is 3.00. The maximum atomic E-state index is 12.3. The molecule has 0 radical (unpaired) electrons. The van der Waals surface area contributed by atoms with Crippen molar-refractivity contribution >= 4 is 23.8 Å². The number of thioether (sulfide) groups is 1. The second-order valence-electron chi connectivity index (χ2n) is 6.40. The number of carbonyl (C=O) groups excluding carboxylic acids is 2. The zero-order valence-electron chi connectivity index (χ0n) is 14.6. The molecule has 2 amide bonds. The molecule has 3 heterocycles. The van der Waals surface area contributed by atoms with Crippen molar-refractivity contribution in [3.8, 4) is 0 Å². The monoisotopic (exact) mass is 379 g/mol. The highest BCUT2D eigenvalue weighted by Gasteiger charge is 2.59. The molecule has 26 heavy (non-hydrogen) atoms. The van der Waals surface area contributed by atoms with Crippen LogP contribution in [0.15, 0.2) is 30.3 Å². The summed E-state index contributed by atoms with van der Waals surface area (Å²) >= 11 is 1.55. The van der Waals surface area contributed by atoms with Gasteiger partial charge in [-0.2, -0.15) is 0 Å². The lowest BCUT2D eigenvalue weighted by molar-refractivity contribution is -0.302. The first kappa shape index (κ1) is 17.8. The van der Waals surface area contributed by atoms with Crippen LogP contribution in [0.5, 0.6) is 0 Å². The van der Waals surface area contributed by atoms with Crippen LogP contribution in [0.4, 0.5) is 4.79 Å². The van der Waals surface area contributed by atoms with Gasteiger partial charge in [-0.1, -0.05) is 37.3 Å². The van der Waals surface area contributed by atoms with Crippen LogP contribution in [-0.2, 0) is 23.7 Å². The van der Waals surface area contributed by atoms with Gasteiger partial charge >= 0.3 is 6.09 Å². The summed E-state index contributed by atoms with van der Waals surface area (Å²) in [5, 5.41) is 0. The normalized spacial score (nSPS) is 36.2. The van der Waals surface area contributed by atoms with Crippen molar-refractivity contribution in [1.82, 2.24) is 4.90 Å². The molecule has 8 heteroatoms. The second kappa shape index (κ2) is 7.19. The Hall–Kier alpha value is -1.61. The number of rotatable bonds is 3. The minimum atomic E-state index is -0.634. The number of ether oxygens (including phenoxy) is 4. The van der Waals surface area contributed by atoms with Crippen LogP contribution in [0.3, 0.4) is 0 Å². The SMILES string of the molecule is CCS[C@@H]1O[C@@H]2COC(c3ccccc3)O[C@H]2[C@@H]2OC(=O)N(C(C)=O)[C@H]21. The Morgan fingerprint density at radius 2 is 2.00 bits per heavy atom. The second-order valence-corrected chi connectivity index (χ2v) is 7.78. The van der Waals surface area contributed by atoms with E-state index >= 15 is 0 Å². The lowest BCUT2D eigenvalue weighted by Gasteiger charge is -2.46. The molecule has 3 saturated heterocycles. The number of hydrogen-bond donors (Lipinski definition) is 0. The van der Waals surface area contributed by atoms with Crippen molar-refractivity contribution in [3.05, 3.63) is 35.9 Å². The predicted octanol–water partition coefficient (Wildman–Crippen LogP) is 2.31. The van der Waals surface area contributed by atoms with Gasteiger partial charge in [-0.25, -0.2) is 9.69 Å². The fraction of sp³-hybridized carbons (Fsp3) is 0.556. The van der Waals surface area contributed by atoms with E-state index in [0.29, 0.717) is 6.61 Å². The van der Waals surface area contributed by atoms with E-state index in [2.05, 4.69) is 0 Å². The molecule has 3 aliphatic heterocycles. The highest BCUT2D eigenvalue weighted by Crippen LogP contribution is 2.42. The molecular formula is C18H21NO6S. The maximum Gasteiger partial charge on any atom is 0.417 e. The molecule has 1 unspecified atom stereocenters. The number of amides is 2. The van der Waals surface area contributed by atoms with Gasteiger partial charge < -0.3 is 18.9 Å². The molecule has 3 aliphatic rings. The molecule has 1 aromatic rings. The Balaban J connectivity index is 1.61. The zero-order valence-corrected chi connectivity index (χ0v) is 15.4. The van der Waals surface area contributed by atoms with Crippen LogP contribution >= 0.6 is 11.8 Å². The van der Waals surface area contributed by atoms with E-state index in [1.807, 2.05) is 37.3 Å². The molecule has 4 rings (SSSR count). The van der Waals surface area contributed by atoms with E-state index < -0.39 is 30.6 Å². The van der Waals surface area contributed by atoms with Crippen LogP contribution in [0, 0.1) is 0 Å². The summed E-state index contributed by atoms with van der Waals surface area (Å²) in [6, 6.07) is 9.09. The number of benzene rings is 1. The Bertz CT molecular complexity index is 686. The molecular weight excluding hydrogens is 358 g/mol. The Labute approximate surface area is 155 Å². The number of nitrogens with zero attached hydrogens (tertiary/aromatic N) is 1. The molecule has 0 N–H and O–H groups in total. The zero-order chi connectivity index (χ0) is 18.3. The van der Waals surface area contributed by atoms with Crippen LogP contribution in [0.2, 0.25) is 0 Å². The van der Waals surface area contributed by atoms with E-state index in [0.717, 1.165) is 16.2 Å². The molecule has 0 saturated carbocycles. The first-order valence-electron chi connectivity index (χ1n) is 8.69. The van der Waals surface area contributed by atoms with Gasteiger partial charge in [-0.3, -0.25) is 4.79 Å². The highest BCUT2D eigenvalue weighted by atomic mass is 32.2. The minimum absolute atomic E-state index is 0.339. The summed E-state index contributed by atoms with van der Waals surface area (Å²) in [6.07, 6.45) is -2.59. The third-order valence-electron chi connectivity index (χ3n) is 4.78. The minimum Gasteiger partial charge on any atom is -0.441 e. The highest BCUT2D eigenvalue weighted by molar-refractivity contribution is 7.99. The third-order valence-corrected chi connectivity index (χ3v) is 5.83. The molecule has 1 aromatic carbocycles. The van der Waals surface area contributed by atoms with Gasteiger partial charge in [0, 0.05) is 12.5 Å². The van der Waals surface area contributed by atoms with Crippen molar-refractivity contribution in [2.24, 2.45) is 0 Å². The maximum absolute atomic E-state index is 12.3. The molecule has 6 atom stereocenters. The fourth-order valence-corrected chi connectivity index (χ4v) is 4.70. The summed E-state index contributed by atoms with van der Waals surface area (Å²) in [4.78, 5) is 25.4. The number of hydrogen-bond acceptors (Lipinski definition) is 7. The topological polar surface area (TPSA) is 74.3 Å². The quantitative estimate of drug-likeness (QED) is 0.798. The first-order valence-corrected chi connectivity index (χ1v) is 9.74. The van der Waals surface area contributed by atoms with Crippen molar-refractivity contribution < 1.29 is 28.5 Å². The standard InChI is InChI=1S/C18H21NO6S/c1-3-26-17-13-15(25-18(21)19(13)10(2)20)14-12(23-17)9-22-16(24-14)11-7-5-4-6-8-11/h4-8,12-17H,3,9H2,1-2H3/t12-,13-,14-,15-,16?,17+/m1/s1. The smallest absolute Gasteiger partial charge is 0.417 e. The van der Waals surface area contributed by atoms with Gasteiger partial charge in [-0.15, -0.1) is 11.8 Å². The van der Waals surface area contributed by atoms with Crippen LogP contribution in [-0.4, -0.2) is 59.0 Å². The molecule has 0 aliphatic carbocycles. The summed E-state index contributed by atoms with van der Waals surface area (Å²) in [5.41, 5.74) is 0.530. The number of imide groups is 1. The van der Waals surface area contributed by atoms with E-state index in [1.165, 1.54) is 6.92 Å². The van der Waals surface area contributed by atoms with Crippen molar-refractivity contribution in [1.29, 1.82) is 0 Å². The summed E-state index contributed by atoms with van der Waals surface area (Å²) in [6.45, 7) is 3.71. The fourth-order valence-electron chi connectivity index (χ4n) is 3.68. The Kier molecular flexibility index (Phi) is 4.92. The van der Waals surface area contributed by atoms with Gasteiger partial charge in [0.25, 0.3) is 0 Å².